The lowest BCUT2D eigenvalue weighted by atomic mass is 9.98. The molecule has 0 aliphatic carbocycles. The monoisotopic (exact) mass is 1120 g/mol. The number of carbonyl (C=O) groups excluding carboxylic acids is 3. The van der Waals surface area contributed by atoms with Crippen LogP contribution < -0.4 is 0 Å². The average molecular weight is 1120 g/mol. The molecule has 1 aliphatic heterocycles. The Morgan fingerprint density at radius 1 is 0.418 bits per heavy atom. The zero-order valence-corrected chi connectivity index (χ0v) is 50.9. The third-order valence-electron chi connectivity index (χ3n) is 15.2. The van der Waals surface area contributed by atoms with Gasteiger partial charge in [0.2, 0.25) is 0 Å². The number of carboxylic acid groups (broad SMARTS) is 1. The summed E-state index contributed by atoms with van der Waals surface area (Å²) in [6.45, 7) is 5.99. The van der Waals surface area contributed by atoms with E-state index in [1.54, 1.807) is 0 Å². The number of aliphatic hydroxyl groups excluding tert-OH is 2. The summed E-state index contributed by atoms with van der Waals surface area (Å²) in [4.78, 5) is 51.3. The second-order valence-corrected chi connectivity index (χ2v) is 22.8. The summed E-state index contributed by atoms with van der Waals surface area (Å²) in [5, 5.41) is 31.6. The molecule has 0 spiro atoms. The highest BCUT2D eigenvalue weighted by Crippen LogP contribution is 2.27. The summed E-state index contributed by atoms with van der Waals surface area (Å²) in [5.41, 5.74) is 0. The molecule has 1 fully saturated rings. The Bertz CT molecular complexity index is 1510. The number of esters is 3. The number of hydrogen-bond acceptors (Lipinski definition) is 11. The first-order valence-corrected chi connectivity index (χ1v) is 33.0. The van der Waals surface area contributed by atoms with Crippen molar-refractivity contribution in [2.45, 2.75) is 353 Å². The number of allylic oxidation sites excluding steroid dienone is 6. The number of unbranched alkanes of at least 4 members (excludes halogenated alkanes) is 37. The zero-order valence-electron chi connectivity index (χ0n) is 50.9. The molecule has 1 aliphatic rings. The van der Waals surface area contributed by atoms with Gasteiger partial charge in [0.1, 0.15) is 18.8 Å². The minimum atomic E-state index is -1.90. The molecule has 79 heavy (non-hydrogen) atoms. The number of aliphatic carboxylic acids is 1. The van der Waals surface area contributed by atoms with Gasteiger partial charge in [-0.2, -0.15) is 0 Å². The highest BCUT2D eigenvalue weighted by atomic mass is 16.7. The van der Waals surface area contributed by atoms with Crippen LogP contribution in [0.5, 0.6) is 0 Å². The molecule has 1 saturated heterocycles. The van der Waals surface area contributed by atoms with Crippen molar-refractivity contribution in [1.82, 2.24) is 0 Å². The number of carboxylic acids is 1. The van der Waals surface area contributed by atoms with E-state index in [0.717, 1.165) is 89.9 Å². The van der Waals surface area contributed by atoms with E-state index in [9.17, 15) is 34.5 Å². The Labute approximate surface area is 482 Å². The van der Waals surface area contributed by atoms with Crippen molar-refractivity contribution in [3.05, 3.63) is 36.5 Å². The Balaban J connectivity index is 2.64. The lowest BCUT2D eigenvalue weighted by Gasteiger charge is -2.40. The van der Waals surface area contributed by atoms with E-state index in [1.165, 1.54) is 167 Å². The number of carbonyl (C=O) groups is 4. The first kappa shape index (κ1) is 74.0. The summed E-state index contributed by atoms with van der Waals surface area (Å²) in [6, 6.07) is 0. The van der Waals surface area contributed by atoms with Crippen LogP contribution in [0.3, 0.4) is 0 Å². The van der Waals surface area contributed by atoms with Crippen molar-refractivity contribution in [3.8, 4) is 0 Å². The van der Waals surface area contributed by atoms with Crippen LogP contribution in [0.4, 0.5) is 0 Å². The van der Waals surface area contributed by atoms with E-state index >= 15 is 0 Å². The fourth-order valence-corrected chi connectivity index (χ4v) is 10.1. The Morgan fingerprint density at radius 2 is 0.759 bits per heavy atom. The smallest absolute Gasteiger partial charge is 0.335 e. The molecule has 1 heterocycles. The van der Waals surface area contributed by atoms with Gasteiger partial charge in [-0.15, -0.1) is 0 Å². The van der Waals surface area contributed by atoms with Crippen molar-refractivity contribution >= 4 is 23.9 Å². The van der Waals surface area contributed by atoms with Gasteiger partial charge in [-0.05, 0) is 77.0 Å². The molecular weight excluding hydrogens is 997 g/mol. The van der Waals surface area contributed by atoms with Crippen molar-refractivity contribution in [1.29, 1.82) is 0 Å². The molecule has 0 amide bonds. The molecule has 6 atom stereocenters. The van der Waals surface area contributed by atoms with Gasteiger partial charge in [-0.1, -0.05) is 256 Å². The van der Waals surface area contributed by atoms with E-state index in [2.05, 4.69) is 57.2 Å². The topological polar surface area (TPSA) is 175 Å². The summed E-state index contributed by atoms with van der Waals surface area (Å²) in [7, 11) is 0. The molecule has 460 valence electrons. The van der Waals surface area contributed by atoms with Crippen LogP contribution in [0.1, 0.15) is 316 Å². The lowest BCUT2D eigenvalue weighted by molar-refractivity contribution is -0.301. The van der Waals surface area contributed by atoms with E-state index in [0.29, 0.717) is 19.3 Å². The molecular formula is C67H120O12. The van der Waals surface area contributed by atoms with Gasteiger partial charge in [0.15, 0.2) is 24.6 Å². The molecule has 1 rings (SSSR count). The van der Waals surface area contributed by atoms with E-state index in [1.807, 2.05) is 0 Å². The minimum absolute atomic E-state index is 0.0535. The fraction of sp³-hybridized carbons (Fsp3) is 0.851. The SMILES string of the molecule is CCCCC/C=C\C/C=C\CCCCCCCCCCCC(=O)OCC(COC1OC(C(=O)O)C(O)C(O)C1OC(=O)CCCCCCC/C=C\CCCCCC)OC(=O)CCCCCCCCCCCCCCCCCCC. The van der Waals surface area contributed by atoms with Crippen LogP contribution in [0.15, 0.2) is 36.5 Å². The van der Waals surface area contributed by atoms with Crippen LogP contribution in [0.25, 0.3) is 0 Å². The molecule has 12 nitrogen and oxygen atoms in total. The molecule has 0 radical (unpaired) electrons. The van der Waals surface area contributed by atoms with Gasteiger partial charge in [-0.3, -0.25) is 14.4 Å². The molecule has 12 heteroatoms. The van der Waals surface area contributed by atoms with Gasteiger partial charge in [0, 0.05) is 19.3 Å². The van der Waals surface area contributed by atoms with Crippen LogP contribution in [-0.4, -0.2) is 89.2 Å². The average Bonchev–Trinajstić information content (AvgIpc) is 3.44. The van der Waals surface area contributed by atoms with Crippen molar-refractivity contribution < 1.29 is 58.2 Å². The van der Waals surface area contributed by atoms with Crippen LogP contribution in [-0.2, 0) is 42.9 Å². The van der Waals surface area contributed by atoms with E-state index < -0.39 is 67.3 Å². The second kappa shape index (κ2) is 55.5. The van der Waals surface area contributed by atoms with Gasteiger partial charge >= 0.3 is 23.9 Å². The molecule has 0 aromatic carbocycles. The second-order valence-electron chi connectivity index (χ2n) is 22.8. The number of rotatable bonds is 57. The zero-order chi connectivity index (χ0) is 57.5. The predicted octanol–water partition coefficient (Wildman–Crippen LogP) is 17.6. The van der Waals surface area contributed by atoms with Crippen LogP contribution in [0.2, 0.25) is 0 Å². The molecule has 0 aromatic heterocycles. The summed E-state index contributed by atoms with van der Waals surface area (Å²) in [5.74, 6) is -3.10. The summed E-state index contributed by atoms with van der Waals surface area (Å²) in [6.07, 6.45) is 53.9. The largest absolute Gasteiger partial charge is 0.479 e. The normalized spacial score (nSPS) is 18.0. The summed E-state index contributed by atoms with van der Waals surface area (Å²) < 4.78 is 28.5. The summed E-state index contributed by atoms with van der Waals surface area (Å²) >= 11 is 0. The highest BCUT2D eigenvalue weighted by molar-refractivity contribution is 5.74. The van der Waals surface area contributed by atoms with Crippen molar-refractivity contribution in [2.24, 2.45) is 0 Å². The number of aliphatic hydroxyl groups is 2. The number of hydrogen-bond donors (Lipinski definition) is 3. The van der Waals surface area contributed by atoms with Crippen molar-refractivity contribution in [3.63, 3.8) is 0 Å². The van der Waals surface area contributed by atoms with Gasteiger partial charge < -0.3 is 39.0 Å². The predicted molar refractivity (Wildman–Crippen MR) is 322 cm³/mol. The Hall–Kier alpha value is -3.06. The first-order valence-electron chi connectivity index (χ1n) is 33.0. The Kier molecular flexibility index (Phi) is 51.9. The minimum Gasteiger partial charge on any atom is -0.479 e. The highest BCUT2D eigenvalue weighted by Gasteiger charge is 2.50. The van der Waals surface area contributed by atoms with Crippen molar-refractivity contribution in [2.75, 3.05) is 13.2 Å². The van der Waals surface area contributed by atoms with Gasteiger partial charge in [-0.25, -0.2) is 4.79 Å². The molecule has 3 N–H and O–H groups in total. The standard InChI is InChI=1S/C67H120O12/c1-4-7-10-13-16-19-22-25-27-29-30-32-33-36-38-41-44-47-50-53-59(68)75-56-58(77-60(69)54-51-48-45-42-40-37-34-31-28-26-23-20-17-14-11-8-5-2)57-76-67-65(63(72)62(71)64(79-67)66(73)74)78-61(70)55-52-49-46-43-39-35-24-21-18-15-12-9-6-3/h16,19,21,24-25,27,58,62-65,67,71-72H,4-15,17-18,20,22-23,26,28-57H2,1-3H3,(H,73,74)/b19-16-,24-21-,27-25-. The maximum Gasteiger partial charge on any atom is 0.335 e. The maximum absolute atomic E-state index is 13.2. The maximum atomic E-state index is 13.2. The van der Waals surface area contributed by atoms with E-state index in [-0.39, 0.29) is 25.9 Å². The quantitative estimate of drug-likeness (QED) is 0.0228. The first-order chi connectivity index (χ1) is 38.6. The number of ether oxygens (including phenoxy) is 5. The Morgan fingerprint density at radius 3 is 1.19 bits per heavy atom. The molecule has 0 aromatic rings. The fourth-order valence-electron chi connectivity index (χ4n) is 10.1. The van der Waals surface area contributed by atoms with Crippen LogP contribution in [0, 0.1) is 0 Å². The lowest BCUT2D eigenvalue weighted by Crippen LogP contribution is -2.61. The van der Waals surface area contributed by atoms with Gasteiger partial charge in [0.05, 0.1) is 6.61 Å². The van der Waals surface area contributed by atoms with Crippen LogP contribution >= 0.6 is 0 Å². The molecule has 0 bridgehead atoms. The van der Waals surface area contributed by atoms with Gasteiger partial charge in [0.25, 0.3) is 0 Å². The molecule has 0 saturated carbocycles. The third kappa shape index (κ3) is 45.2. The van der Waals surface area contributed by atoms with E-state index in [4.69, 9.17) is 23.7 Å². The third-order valence-corrected chi connectivity index (χ3v) is 15.2. The molecule has 6 unspecified atom stereocenters.